The predicted molar refractivity (Wildman–Crippen MR) is 35.6 cm³/mol. The number of quaternary nitrogens is 1. The maximum Gasteiger partial charge on any atom is 0.156 e. The Morgan fingerprint density at radius 3 is 2.25 bits per heavy atom. The Morgan fingerprint density at radius 2 is 2.12 bits per heavy atom. The van der Waals surface area contributed by atoms with Gasteiger partial charge in [-0.05, 0) is 6.20 Å². The van der Waals surface area contributed by atoms with Crippen LogP contribution in [0.1, 0.15) is 6.92 Å². The lowest BCUT2D eigenvalue weighted by atomic mass is 10.5. The van der Waals surface area contributed by atoms with Crippen molar-refractivity contribution in [3.05, 3.63) is 12.8 Å². The normalized spacial score (nSPS) is 13.5. The molecule has 0 aromatic rings. The van der Waals surface area contributed by atoms with Crippen LogP contribution in [-0.2, 0) is 0 Å². The second kappa shape index (κ2) is 3.50. The van der Waals surface area contributed by atoms with Crippen molar-refractivity contribution in [2.45, 2.75) is 13.1 Å². The average Bonchev–Trinajstić information content (AvgIpc) is 1.67. The highest BCUT2D eigenvalue weighted by Gasteiger charge is 2.00. The van der Waals surface area contributed by atoms with E-state index in [-0.39, 0.29) is 0 Å². The average molecular weight is 115 g/mol. The van der Waals surface area contributed by atoms with Gasteiger partial charge in [-0.25, -0.2) is 0 Å². The molecule has 0 heterocycles. The lowest BCUT2D eigenvalue weighted by Crippen LogP contribution is -3.11. The summed E-state index contributed by atoms with van der Waals surface area (Å²) in [4.78, 5) is 1.38. The van der Waals surface area contributed by atoms with E-state index in [4.69, 9.17) is 0 Å². The zero-order valence-electron chi connectivity index (χ0n) is 5.86. The summed E-state index contributed by atoms with van der Waals surface area (Å²) in [5, 5.41) is 3.07. The monoisotopic (exact) mass is 115 g/mol. The largest absolute Gasteiger partial charge is 0.344 e. The van der Waals surface area contributed by atoms with Gasteiger partial charge in [-0.1, -0.05) is 6.58 Å². The van der Waals surface area contributed by atoms with Crippen LogP contribution in [-0.4, -0.2) is 20.3 Å². The molecule has 0 aromatic heterocycles. The summed E-state index contributed by atoms with van der Waals surface area (Å²) in [5.41, 5.74) is 0. The molecule has 0 aliphatic carbocycles. The third-order valence-corrected chi connectivity index (χ3v) is 1.23. The summed E-state index contributed by atoms with van der Waals surface area (Å²) < 4.78 is 0. The van der Waals surface area contributed by atoms with E-state index in [2.05, 4.69) is 32.9 Å². The van der Waals surface area contributed by atoms with E-state index in [0.717, 1.165) is 0 Å². The molecule has 1 unspecified atom stereocenters. The first-order chi connectivity index (χ1) is 3.68. The van der Waals surface area contributed by atoms with Gasteiger partial charge in [-0.15, -0.1) is 0 Å². The van der Waals surface area contributed by atoms with E-state index in [1.165, 1.54) is 4.90 Å². The molecule has 0 fully saturated rings. The minimum Gasteiger partial charge on any atom is -0.344 e. The Balaban J connectivity index is 3.30. The molecule has 2 nitrogen and oxygen atoms in total. The van der Waals surface area contributed by atoms with Gasteiger partial charge < -0.3 is 10.2 Å². The fourth-order valence-corrected chi connectivity index (χ4v) is 0.343. The Morgan fingerprint density at radius 1 is 1.62 bits per heavy atom. The maximum absolute atomic E-state index is 3.56. The number of rotatable bonds is 3. The summed E-state index contributed by atoms with van der Waals surface area (Å²) in [6, 6.07) is 0. The molecule has 0 aliphatic heterocycles. The molecular weight excluding hydrogens is 100 g/mol. The quantitative estimate of drug-likeness (QED) is 0.461. The molecule has 48 valence electrons. The Bertz CT molecular complexity index is 68.9. The molecule has 1 atom stereocenters. The Hall–Kier alpha value is -0.500. The van der Waals surface area contributed by atoms with Gasteiger partial charge in [0, 0.05) is 6.92 Å². The van der Waals surface area contributed by atoms with Crippen molar-refractivity contribution in [1.29, 1.82) is 0 Å². The van der Waals surface area contributed by atoms with Crippen molar-refractivity contribution >= 4 is 0 Å². The van der Waals surface area contributed by atoms with Crippen molar-refractivity contribution < 1.29 is 4.90 Å². The van der Waals surface area contributed by atoms with Crippen molar-refractivity contribution in [2.75, 3.05) is 14.1 Å². The number of hydrogen-bond acceptors (Lipinski definition) is 1. The molecule has 2 N–H and O–H groups in total. The first kappa shape index (κ1) is 7.50. The van der Waals surface area contributed by atoms with E-state index in [9.17, 15) is 0 Å². The molecule has 0 saturated carbocycles. The van der Waals surface area contributed by atoms with Gasteiger partial charge in [-0.2, -0.15) is 0 Å². The predicted octanol–water partition coefficient (Wildman–Crippen LogP) is -0.790. The lowest BCUT2D eigenvalue weighted by molar-refractivity contribution is -0.886. The minimum absolute atomic E-state index is 0.465. The van der Waals surface area contributed by atoms with Gasteiger partial charge in [0.1, 0.15) is 0 Å². The van der Waals surface area contributed by atoms with Gasteiger partial charge in [0.2, 0.25) is 0 Å². The summed E-state index contributed by atoms with van der Waals surface area (Å²) in [5.74, 6) is 0. The van der Waals surface area contributed by atoms with Gasteiger partial charge in [-0.3, -0.25) is 0 Å². The Labute approximate surface area is 51.2 Å². The van der Waals surface area contributed by atoms with E-state index in [0.29, 0.717) is 6.17 Å². The van der Waals surface area contributed by atoms with E-state index in [1.807, 2.05) is 0 Å². The van der Waals surface area contributed by atoms with Crippen molar-refractivity contribution in [1.82, 2.24) is 5.32 Å². The van der Waals surface area contributed by atoms with Crippen LogP contribution in [0.4, 0.5) is 0 Å². The van der Waals surface area contributed by atoms with E-state index >= 15 is 0 Å². The van der Waals surface area contributed by atoms with Crippen LogP contribution in [0.2, 0.25) is 0 Å². The highest BCUT2D eigenvalue weighted by molar-refractivity contribution is 4.62. The lowest BCUT2D eigenvalue weighted by Gasteiger charge is -2.15. The van der Waals surface area contributed by atoms with Crippen LogP contribution in [0.3, 0.4) is 0 Å². The smallest absolute Gasteiger partial charge is 0.156 e. The van der Waals surface area contributed by atoms with E-state index in [1.54, 1.807) is 6.20 Å². The van der Waals surface area contributed by atoms with Crippen LogP contribution in [0.5, 0.6) is 0 Å². The minimum atomic E-state index is 0.465. The fourth-order valence-electron chi connectivity index (χ4n) is 0.343. The van der Waals surface area contributed by atoms with Crippen LogP contribution in [0, 0.1) is 0 Å². The molecule has 0 spiro atoms. The second-order valence-electron chi connectivity index (χ2n) is 2.17. The molecule has 0 radical (unpaired) electrons. The number of nitrogens with one attached hydrogen (secondary N) is 2. The summed E-state index contributed by atoms with van der Waals surface area (Å²) >= 11 is 0. The molecular formula is C6H15N2+. The van der Waals surface area contributed by atoms with Crippen molar-refractivity contribution in [3.63, 3.8) is 0 Å². The maximum atomic E-state index is 3.56. The SMILES string of the molecule is C=CNC(C)[NH+](C)C. The van der Waals surface area contributed by atoms with Gasteiger partial charge in [0.25, 0.3) is 0 Å². The highest BCUT2D eigenvalue weighted by Crippen LogP contribution is 1.61. The van der Waals surface area contributed by atoms with Crippen LogP contribution < -0.4 is 10.2 Å². The van der Waals surface area contributed by atoms with Gasteiger partial charge in [0.15, 0.2) is 6.17 Å². The Kier molecular flexibility index (Phi) is 3.28. The third-order valence-electron chi connectivity index (χ3n) is 1.23. The number of hydrogen-bond donors (Lipinski definition) is 2. The first-order valence-corrected chi connectivity index (χ1v) is 2.85. The van der Waals surface area contributed by atoms with Crippen LogP contribution in [0.15, 0.2) is 12.8 Å². The van der Waals surface area contributed by atoms with Gasteiger partial charge >= 0.3 is 0 Å². The van der Waals surface area contributed by atoms with Crippen LogP contribution >= 0.6 is 0 Å². The molecule has 2 heteroatoms. The highest BCUT2D eigenvalue weighted by atomic mass is 15.2. The van der Waals surface area contributed by atoms with Gasteiger partial charge in [0.05, 0.1) is 14.1 Å². The summed E-state index contributed by atoms with van der Waals surface area (Å²) in [7, 11) is 4.20. The zero-order chi connectivity index (χ0) is 6.57. The molecule has 0 aromatic carbocycles. The van der Waals surface area contributed by atoms with E-state index < -0.39 is 0 Å². The van der Waals surface area contributed by atoms with Crippen LogP contribution in [0.25, 0.3) is 0 Å². The summed E-state index contributed by atoms with van der Waals surface area (Å²) in [6.07, 6.45) is 2.19. The van der Waals surface area contributed by atoms with Crippen molar-refractivity contribution in [2.24, 2.45) is 0 Å². The fraction of sp³-hybridized carbons (Fsp3) is 0.667. The summed E-state index contributed by atoms with van der Waals surface area (Å²) in [6.45, 7) is 5.67. The topological polar surface area (TPSA) is 16.5 Å². The molecule has 0 amide bonds. The van der Waals surface area contributed by atoms with Crippen molar-refractivity contribution in [3.8, 4) is 0 Å². The molecule has 0 bridgehead atoms. The molecule has 0 saturated heterocycles. The molecule has 0 rings (SSSR count). The zero-order valence-corrected chi connectivity index (χ0v) is 5.86. The molecule has 0 aliphatic rings. The second-order valence-corrected chi connectivity index (χ2v) is 2.17. The first-order valence-electron chi connectivity index (χ1n) is 2.85. The molecule has 8 heavy (non-hydrogen) atoms. The standard InChI is InChI=1S/C6H14N2/c1-5-7-6(2)8(3)4/h5-7H,1H2,2-4H3/p+1. The third kappa shape index (κ3) is 2.64.